The Labute approximate surface area is 123 Å². The van der Waals surface area contributed by atoms with Gasteiger partial charge >= 0.3 is 0 Å². The van der Waals surface area contributed by atoms with E-state index in [0.717, 1.165) is 35.8 Å². The molecule has 0 radical (unpaired) electrons. The Kier molecular flexibility index (Phi) is 3.81. The smallest absolute Gasteiger partial charge is 0.216 e. The molecular formula is C16H18N4O. The van der Waals surface area contributed by atoms with Gasteiger partial charge in [0.1, 0.15) is 12.4 Å². The zero-order valence-corrected chi connectivity index (χ0v) is 12.3. The van der Waals surface area contributed by atoms with Gasteiger partial charge in [0.05, 0.1) is 6.20 Å². The number of nitrogens with zero attached hydrogens (tertiary/aromatic N) is 4. The number of oxazole rings is 1. The van der Waals surface area contributed by atoms with Crippen LogP contribution >= 0.6 is 0 Å². The maximum atomic E-state index is 5.82. The predicted molar refractivity (Wildman–Crippen MR) is 79.8 cm³/mol. The minimum Gasteiger partial charge on any atom is -0.439 e. The maximum absolute atomic E-state index is 5.82. The number of benzene rings is 1. The summed E-state index contributed by atoms with van der Waals surface area (Å²) in [6, 6.07) is 9.96. The molecule has 5 heteroatoms. The van der Waals surface area contributed by atoms with Gasteiger partial charge in [-0.15, -0.1) is 0 Å². The molecule has 0 aliphatic rings. The largest absolute Gasteiger partial charge is 0.439 e. The average Bonchev–Trinajstić information content (AvgIpc) is 3.15. The van der Waals surface area contributed by atoms with E-state index in [1.54, 1.807) is 6.20 Å². The van der Waals surface area contributed by atoms with Crippen molar-refractivity contribution in [3.63, 3.8) is 0 Å². The lowest BCUT2D eigenvalue weighted by Crippen LogP contribution is -2.06. The van der Waals surface area contributed by atoms with E-state index < -0.39 is 0 Å². The molecule has 0 bridgehead atoms. The molecule has 0 aliphatic heterocycles. The average molecular weight is 282 g/mol. The second-order valence-electron chi connectivity index (χ2n) is 4.79. The molecule has 0 saturated heterocycles. The van der Waals surface area contributed by atoms with Crippen LogP contribution in [-0.2, 0) is 19.4 Å². The fraction of sp³-hybridized carbons (Fsp3) is 0.312. The van der Waals surface area contributed by atoms with Crippen LogP contribution in [0.5, 0.6) is 0 Å². The number of rotatable bonds is 5. The molecule has 0 fully saturated rings. The normalized spacial score (nSPS) is 11.0. The van der Waals surface area contributed by atoms with Crippen molar-refractivity contribution in [2.75, 3.05) is 0 Å². The lowest BCUT2D eigenvalue weighted by atomic mass is 10.2. The van der Waals surface area contributed by atoms with Crippen molar-refractivity contribution >= 4 is 0 Å². The van der Waals surface area contributed by atoms with E-state index in [1.165, 1.54) is 0 Å². The van der Waals surface area contributed by atoms with Crippen molar-refractivity contribution < 1.29 is 4.42 Å². The van der Waals surface area contributed by atoms with Crippen LogP contribution in [-0.4, -0.2) is 19.7 Å². The molecule has 5 nitrogen and oxygen atoms in total. The summed E-state index contributed by atoms with van der Waals surface area (Å²) < 4.78 is 7.69. The lowest BCUT2D eigenvalue weighted by Gasteiger charge is -2.00. The molecule has 0 N–H and O–H groups in total. The first-order valence-corrected chi connectivity index (χ1v) is 7.22. The first kappa shape index (κ1) is 13.5. The highest BCUT2D eigenvalue weighted by atomic mass is 16.4. The van der Waals surface area contributed by atoms with Gasteiger partial charge in [-0.2, -0.15) is 5.10 Å². The second-order valence-corrected chi connectivity index (χ2v) is 4.79. The van der Waals surface area contributed by atoms with E-state index in [1.807, 2.05) is 35.0 Å². The van der Waals surface area contributed by atoms with Crippen molar-refractivity contribution in [2.45, 2.75) is 33.2 Å². The van der Waals surface area contributed by atoms with Crippen LogP contribution < -0.4 is 0 Å². The van der Waals surface area contributed by atoms with E-state index in [2.05, 4.69) is 28.9 Å². The molecule has 108 valence electrons. The molecule has 0 atom stereocenters. The summed E-state index contributed by atoms with van der Waals surface area (Å²) in [5, 5.41) is 4.48. The molecule has 0 spiro atoms. The van der Waals surface area contributed by atoms with Gasteiger partial charge < -0.3 is 4.42 Å². The molecule has 3 rings (SSSR count). The van der Waals surface area contributed by atoms with E-state index in [4.69, 9.17) is 4.42 Å². The maximum Gasteiger partial charge on any atom is 0.216 e. The number of hydrogen-bond acceptors (Lipinski definition) is 4. The van der Waals surface area contributed by atoms with Gasteiger partial charge in [0.15, 0.2) is 11.6 Å². The number of aromatic nitrogens is 4. The van der Waals surface area contributed by atoms with Crippen LogP contribution in [0, 0.1) is 0 Å². The van der Waals surface area contributed by atoms with E-state index in [0.29, 0.717) is 12.4 Å². The summed E-state index contributed by atoms with van der Waals surface area (Å²) in [5.41, 5.74) is 1.03. The van der Waals surface area contributed by atoms with Crippen LogP contribution in [0.1, 0.15) is 31.4 Å². The number of hydrogen-bond donors (Lipinski definition) is 0. The van der Waals surface area contributed by atoms with Crippen LogP contribution in [0.4, 0.5) is 0 Å². The van der Waals surface area contributed by atoms with E-state index in [9.17, 15) is 0 Å². The molecule has 21 heavy (non-hydrogen) atoms. The summed E-state index contributed by atoms with van der Waals surface area (Å²) in [6.07, 6.45) is 3.44. The van der Waals surface area contributed by atoms with Gasteiger partial charge in [-0.3, -0.25) is 0 Å². The van der Waals surface area contributed by atoms with Crippen LogP contribution in [0.3, 0.4) is 0 Å². The highest BCUT2D eigenvalue weighted by molar-refractivity contribution is 5.55. The Morgan fingerprint density at radius 3 is 2.62 bits per heavy atom. The highest BCUT2D eigenvalue weighted by Crippen LogP contribution is 2.20. The monoisotopic (exact) mass is 282 g/mol. The Hall–Kier alpha value is -2.43. The third-order valence-electron chi connectivity index (χ3n) is 3.32. The summed E-state index contributed by atoms with van der Waals surface area (Å²) in [6.45, 7) is 4.64. The predicted octanol–water partition coefficient (Wildman–Crippen LogP) is 3.11. The zero-order chi connectivity index (χ0) is 14.7. The zero-order valence-electron chi connectivity index (χ0n) is 12.3. The second kappa shape index (κ2) is 5.91. The Morgan fingerprint density at radius 2 is 1.90 bits per heavy atom. The molecule has 3 aromatic rings. The number of aryl methyl sites for hydroxylation is 2. The van der Waals surface area contributed by atoms with Crippen molar-refractivity contribution in [2.24, 2.45) is 0 Å². The first-order chi connectivity index (χ1) is 10.3. The first-order valence-electron chi connectivity index (χ1n) is 7.22. The van der Waals surface area contributed by atoms with Gasteiger partial charge in [-0.05, 0) is 0 Å². The van der Waals surface area contributed by atoms with Crippen LogP contribution in [0.15, 0.2) is 40.9 Å². The van der Waals surface area contributed by atoms with Gasteiger partial charge in [-0.1, -0.05) is 44.2 Å². The van der Waals surface area contributed by atoms with Crippen molar-refractivity contribution in [3.05, 3.63) is 54.1 Å². The van der Waals surface area contributed by atoms with Gasteiger partial charge in [0, 0.05) is 18.4 Å². The van der Waals surface area contributed by atoms with Gasteiger partial charge in [0.25, 0.3) is 0 Å². The summed E-state index contributed by atoms with van der Waals surface area (Å²) >= 11 is 0. The Bertz CT molecular complexity index is 715. The molecule has 0 aliphatic carbocycles. The Morgan fingerprint density at radius 1 is 1.10 bits per heavy atom. The third-order valence-corrected chi connectivity index (χ3v) is 3.32. The van der Waals surface area contributed by atoms with E-state index >= 15 is 0 Å². The van der Waals surface area contributed by atoms with Crippen molar-refractivity contribution in [1.29, 1.82) is 0 Å². The molecule has 0 amide bonds. The van der Waals surface area contributed by atoms with Crippen LogP contribution in [0.25, 0.3) is 11.3 Å². The molecular weight excluding hydrogens is 264 g/mol. The van der Waals surface area contributed by atoms with Crippen molar-refractivity contribution in [1.82, 2.24) is 19.7 Å². The van der Waals surface area contributed by atoms with Gasteiger partial charge in [0.2, 0.25) is 5.89 Å². The van der Waals surface area contributed by atoms with Crippen molar-refractivity contribution in [3.8, 4) is 11.3 Å². The van der Waals surface area contributed by atoms with Gasteiger partial charge in [-0.25, -0.2) is 14.6 Å². The molecule has 0 saturated carbocycles. The highest BCUT2D eigenvalue weighted by Gasteiger charge is 2.11. The molecule has 2 heterocycles. The Balaban J connectivity index is 1.83. The minimum atomic E-state index is 0.517. The topological polar surface area (TPSA) is 56.7 Å². The summed E-state index contributed by atoms with van der Waals surface area (Å²) in [5.74, 6) is 3.25. The molecule has 2 aromatic heterocycles. The fourth-order valence-corrected chi connectivity index (χ4v) is 2.21. The quantitative estimate of drug-likeness (QED) is 0.721. The van der Waals surface area contributed by atoms with Crippen LogP contribution in [0.2, 0.25) is 0 Å². The standard InChI is InChI=1S/C16H18N4O/c1-3-14-18-15(4-2)20(19-14)11-16-17-10-13(21-16)12-8-6-5-7-9-12/h5-10H,3-4,11H2,1-2H3. The van der Waals surface area contributed by atoms with E-state index in [-0.39, 0.29) is 0 Å². The minimum absolute atomic E-state index is 0.517. The SMILES string of the molecule is CCc1nc(CC)n(Cc2ncc(-c3ccccc3)o2)n1. The molecule has 0 unspecified atom stereocenters. The lowest BCUT2D eigenvalue weighted by molar-refractivity contribution is 0.466. The summed E-state index contributed by atoms with van der Waals surface area (Å²) in [7, 11) is 0. The third kappa shape index (κ3) is 2.86. The summed E-state index contributed by atoms with van der Waals surface area (Å²) in [4.78, 5) is 8.83. The molecule has 1 aromatic carbocycles. The fourth-order valence-electron chi connectivity index (χ4n) is 2.21.